The summed E-state index contributed by atoms with van der Waals surface area (Å²) in [4.78, 5) is 9.65. The molecule has 3 N–H and O–H groups in total. The summed E-state index contributed by atoms with van der Waals surface area (Å²) in [6, 6.07) is 1.51. The van der Waals surface area contributed by atoms with Crippen molar-refractivity contribution in [3.63, 3.8) is 0 Å². The molecule has 0 atom stereocenters. The van der Waals surface area contributed by atoms with Crippen LogP contribution < -0.4 is 5.73 Å². The summed E-state index contributed by atoms with van der Waals surface area (Å²) in [6.07, 6.45) is 1.17. The zero-order chi connectivity index (χ0) is 12.6. The molecule has 1 aromatic heterocycles. The summed E-state index contributed by atoms with van der Waals surface area (Å²) < 4.78 is 17.7. The number of nitrogens with two attached hydrogens (primary N) is 1. The number of nitrogens with zero attached hydrogens (tertiary/aromatic N) is 2. The summed E-state index contributed by atoms with van der Waals surface area (Å²) in [7, 11) is 0. The standard InChI is InChI=1S/C9H6FN3O4/c10-6-2-8(14)4(1-7(6)13(15)16)5-3-12-17-9(5)11/h1-3,14H,11H2. The van der Waals surface area contributed by atoms with Crippen LogP contribution in [0.4, 0.5) is 16.0 Å². The van der Waals surface area contributed by atoms with Crippen LogP contribution >= 0.6 is 0 Å². The van der Waals surface area contributed by atoms with Crippen molar-refractivity contribution in [1.82, 2.24) is 5.16 Å². The van der Waals surface area contributed by atoms with Gasteiger partial charge in [-0.1, -0.05) is 5.16 Å². The fraction of sp³-hybridized carbons (Fsp3) is 0. The lowest BCUT2D eigenvalue weighted by atomic mass is 10.1. The van der Waals surface area contributed by atoms with Gasteiger partial charge in [-0.3, -0.25) is 10.1 Å². The second-order valence-electron chi connectivity index (χ2n) is 3.18. The number of phenols is 1. The molecule has 0 unspecified atom stereocenters. The average Bonchev–Trinajstić information content (AvgIpc) is 2.64. The Morgan fingerprint density at radius 1 is 1.47 bits per heavy atom. The Hall–Kier alpha value is -2.64. The number of nitrogen functional groups attached to an aromatic ring is 1. The zero-order valence-electron chi connectivity index (χ0n) is 8.25. The van der Waals surface area contributed by atoms with Gasteiger partial charge in [0.2, 0.25) is 11.7 Å². The predicted octanol–water partition coefficient (Wildman–Crippen LogP) is 1.68. The highest BCUT2D eigenvalue weighted by atomic mass is 19.1. The fourth-order valence-corrected chi connectivity index (χ4v) is 1.36. The molecule has 1 heterocycles. The Labute approximate surface area is 93.4 Å². The van der Waals surface area contributed by atoms with E-state index in [-0.39, 0.29) is 17.0 Å². The van der Waals surface area contributed by atoms with E-state index in [1.165, 1.54) is 6.20 Å². The number of hydrogen-bond donors (Lipinski definition) is 2. The molecule has 0 fully saturated rings. The van der Waals surface area contributed by atoms with E-state index in [2.05, 4.69) is 9.68 Å². The topological polar surface area (TPSA) is 115 Å². The van der Waals surface area contributed by atoms with Crippen molar-refractivity contribution in [2.45, 2.75) is 0 Å². The first kappa shape index (κ1) is 10.9. The lowest BCUT2D eigenvalue weighted by molar-refractivity contribution is -0.387. The zero-order valence-corrected chi connectivity index (χ0v) is 8.25. The van der Waals surface area contributed by atoms with E-state index in [1.54, 1.807) is 0 Å². The molecular formula is C9H6FN3O4. The van der Waals surface area contributed by atoms with Crippen molar-refractivity contribution in [2.24, 2.45) is 0 Å². The smallest absolute Gasteiger partial charge is 0.305 e. The first-order valence-corrected chi connectivity index (χ1v) is 4.38. The van der Waals surface area contributed by atoms with Gasteiger partial charge < -0.3 is 15.4 Å². The van der Waals surface area contributed by atoms with E-state index in [4.69, 9.17) is 5.73 Å². The molecule has 7 nitrogen and oxygen atoms in total. The first-order valence-electron chi connectivity index (χ1n) is 4.38. The maximum Gasteiger partial charge on any atom is 0.305 e. The van der Waals surface area contributed by atoms with E-state index in [1.807, 2.05) is 0 Å². The van der Waals surface area contributed by atoms with Crippen molar-refractivity contribution in [3.05, 3.63) is 34.3 Å². The van der Waals surface area contributed by atoms with E-state index < -0.39 is 22.2 Å². The molecule has 0 bridgehead atoms. The molecule has 0 spiro atoms. The molecule has 0 saturated heterocycles. The summed E-state index contributed by atoms with van der Waals surface area (Å²) in [5, 5.41) is 23.4. The minimum atomic E-state index is -1.13. The number of phenolic OH excluding ortho intramolecular Hbond substituents is 1. The normalized spacial score (nSPS) is 10.4. The number of nitro benzene ring substituents is 1. The molecule has 0 aliphatic carbocycles. The minimum Gasteiger partial charge on any atom is -0.507 e. The van der Waals surface area contributed by atoms with Crippen LogP contribution in [0.1, 0.15) is 0 Å². The summed E-state index contributed by atoms with van der Waals surface area (Å²) in [5.74, 6) is -1.74. The van der Waals surface area contributed by atoms with Gasteiger partial charge in [-0.15, -0.1) is 0 Å². The number of benzene rings is 1. The van der Waals surface area contributed by atoms with Crippen molar-refractivity contribution in [2.75, 3.05) is 5.73 Å². The summed E-state index contributed by atoms with van der Waals surface area (Å²) in [6.45, 7) is 0. The third-order valence-electron chi connectivity index (χ3n) is 2.15. The van der Waals surface area contributed by atoms with Crippen molar-refractivity contribution in [3.8, 4) is 16.9 Å². The fourth-order valence-electron chi connectivity index (χ4n) is 1.36. The highest BCUT2D eigenvalue weighted by Crippen LogP contribution is 2.36. The number of hydrogen-bond acceptors (Lipinski definition) is 6. The lowest BCUT2D eigenvalue weighted by Gasteiger charge is -2.02. The second kappa shape index (κ2) is 3.74. The maximum atomic E-state index is 13.2. The molecule has 2 rings (SSSR count). The Balaban J connectivity index is 2.67. The van der Waals surface area contributed by atoms with Crippen molar-refractivity contribution < 1.29 is 18.9 Å². The third kappa shape index (κ3) is 1.75. The minimum absolute atomic E-state index is 0.0168. The molecule has 0 radical (unpaired) electrons. The maximum absolute atomic E-state index is 13.2. The molecule has 0 aliphatic rings. The van der Waals surface area contributed by atoms with E-state index in [0.717, 1.165) is 6.07 Å². The van der Waals surface area contributed by atoms with Crippen LogP contribution in [-0.4, -0.2) is 15.2 Å². The van der Waals surface area contributed by atoms with Gasteiger partial charge in [0.25, 0.3) is 0 Å². The molecule has 8 heteroatoms. The summed E-state index contributed by atoms with van der Waals surface area (Å²) in [5.41, 5.74) is 4.78. The molecule has 0 amide bonds. The number of anilines is 1. The molecule has 88 valence electrons. The van der Waals surface area contributed by atoms with E-state index >= 15 is 0 Å². The third-order valence-corrected chi connectivity index (χ3v) is 2.15. The van der Waals surface area contributed by atoms with E-state index in [0.29, 0.717) is 6.07 Å². The number of rotatable bonds is 2. The van der Waals surface area contributed by atoms with Crippen LogP contribution in [0.3, 0.4) is 0 Å². The van der Waals surface area contributed by atoms with Crippen LogP contribution in [0.5, 0.6) is 5.75 Å². The molecule has 0 aliphatic heterocycles. The number of halogens is 1. The first-order chi connectivity index (χ1) is 8.00. The van der Waals surface area contributed by atoms with Crippen LogP contribution in [-0.2, 0) is 0 Å². The summed E-state index contributed by atoms with van der Waals surface area (Å²) >= 11 is 0. The quantitative estimate of drug-likeness (QED) is 0.608. The van der Waals surface area contributed by atoms with Gasteiger partial charge in [-0.05, 0) is 0 Å². The largest absolute Gasteiger partial charge is 0.507 e. The number of aromatic hydroxyl groups is 1. The van der Waals surface area contributed by atoms with Crippen LogP contribution in [0.2, 0.25) is 0 Å². The van der Waals surface area contributed by atoms with Gasteiger partial charge >= 0.3 is 5.69 Å². The van der Waals surface area contributed by atoms with Crippen LogP contribution in [0.25, 0.3) is 11.1 Å². The number of nitro groups is 1. The SMILES string of the molecule is Nc1oncc1-c1cc([N+](=O)[O-])c(F)cc1O. The van der Waals surface area contributed by atoms with Gasteiger partial charge in [0.15, 0.2) is 0 Å². The van der Waals surface area contributed by atoms with Gasteiger partial charge in [-0.2, -0.15) is 4.39 Å². The Morgan fingerprint density at radius 2 is 2.18 bits per heavy atom. The Morgan fingerprint density at radius 3 is 2.71 bits per heavy atom. The highest BCUT2D eigenvalue weighted by molar-refractivity contribution is 5.78. The van der Waals surface area contributed by atoms with Gasteiger partial charge in [0, 0.05) is 17.7 Å². The Bertz CT molecular complexity index is 596. The molecule has 1 aromatic carbocycles. The van der Waals surface area contributed by atoms with Crippen molar-refractivity contribution in [1.29, 1.82) is 0 Å². The van der Waals surface area contributed by atoms with Crippen molar-refractivity contribution >= 4 is 11.6 Å². The molecule has 2 aromatic rings. The highest BCUT2D eigenvalue weighted by Gasteiger charge is 2.21. The van der Waals surface area contributed by atoms with E-state index in [9.17, 15) is 19.6 Å². The average molecular weight is 239 g/mol. The van der Waals surface area contributed by atoms with Crippen LogP contribution in [0.15, 0.2) is 22.9 Å². The van der Waals surface area contributed by atoms with Gasteiger partial charge in [-0.25, -0.2) is 0 Å². The Kier molecular flexibility index (Phi) is 2.39. The molecule has 0 saturated carbocycles. The van der Waals surface area contributed by atoms with Gasteiger partial charge in [0.1, 0.15) is 5.75 Å². The predicted molar refractivity (Wildman–Crippen MR) is 54.6 cm³/mol. The monoisotopic (exact) mass is 239 g/mol. The van der Waals surface area contributed by atoms with Gasteiger partial charge in [0.05, 0.1) is 16.7 Å². The number of aromatic nitrogens is 1. The lowest BCUT2D eigenvalue weighted by Crippen LogP contribution is -1.94. The van der Waals surface area contributed by atoms with Crippen LogP contribution in [0, 0.1) is 15.9 Å². The molecule has 17 heavy (non-hydrogen) atoms. The molecular weight excluding hydrogens is 233 g/mol. The second-order valence-corrected chi connectivity index (χ2v) is 3.18.